The highest BCUT2D eigenvalue weighted by atomic mass is 15.2. The molecule has 0 amide bonds. The molecular formula is C110H83N5. The lowest BCUT2D eigenvalue weighted by molar-refractivity contribution is 0.590. The molecule has 0 radical (unpaired) electrons. The first-order valence-electron chi connectivity index (χ1n) is 50.2. The molecule has 0 spiro atoms. The summed E-state index contributed by atoms with van der Waals surface area (Å²) in [6.45, 7) is 12.9. The number of hydrogen-bond acceptors (Lipinski definition) is 2. The fourth-order valence-electron chi connectivity index (χ4n) is 16.7. The van der Waals surface area contributed by atoms with Gasteiger partial charge >= 0.3 is 0 Å². The summed E-state index contributed by atoms with van der Waals surface area (Å²) in [5, 5.41) is 2.02. The molecule has 4 aromatic heterocycles. The summed E-state index contributed by atoms with van der Waals surface area (Å²) in [7, 11) is 0. The second-order valence-corrected chi connectivity index (χ2v) is 31.0. The van der Waals surface area contributed by atoms with E-state index in [1.807, 2.05) is 121 Å². The number of anilines is 6. The molecule has 548 valence electrons. The van der Waals surface area contributed by atoms with Crippen LogP contribution in [0, 0.1) is 0 Å². The number of nitrogens with zero attached hydrogens (tertiary/aromatic N) is 5. The minimum absolute atomic E-state index is 0.167. The van der Waals surface area contributed by atoms with E-state index < -0.39 is 178 Å². The number of rotatable bonds is 14. The Kier molecular flexibility index (Phi) is 11.4. The molecule has 0 atom stereocenters. The highest BCUT2D eigenvalue weighted by Crippen LogP contribution is 2.59. The fourth-order valence-corrected chi connectivity index (χ4v) is 16.7. The monoisotopic (exact) mass is 1500 g/mol. The molecule has 0 bridgehead atoms. The molecule has 0 saturated carbocycles. The summed E-state index contributed by atoms with van der Waals surface area (Å²) in [5.41, 5.74) is 9.65. The molecule has 0 aliphatic heterocycles. The van der Waals surface area contributed by atoms with Gasteiger partial charge in [0.05, 0.1) is 94.3 Å². The summed E-state index contributed by atoms with van der Waals surface area (Å²) in [5.74, 6) is 0. The van der Waals surface area contributed by atoms with E-state index in [4.69, 9.17) is 8.22 Å². The summed E-state index contributed by atoms with van der Waals surface area (Å²) >= 11 is 0. The van der Waals surface area contributed by atoms with Crippen molar-refractivity contribution < 1.29 is 32.9 Å². The SMILES string of the molecule is [2H]c1c([2H])c([2H])c(-c2c([2H])c([2H])c3c(c2[2H])c2c([2H])c([2H])c([2H])c([2H])c2n3-c2cccc(N(c3c(-c4ccccc4)cc(C(C)(C)C)cc3-c3ccccc3)c3cc(N(c4cccc(-n5c6c([2H])c([2H])c([2H])c([2H])c6c6c([2H])c(-c7c([2H])c([2H])c([2H])c([2H])c7[2H])c([2H])c([2H])c65)c4)c4c(-c5ccccc5)cc(C(C)(C)C)cc4-c4ccccc4)c4c5ccccc5n5c6ccccc6c3c45)c2)c([2H])c1[2H]. The summed E-state index contributed by atoms with van der Waals surface area (Å²) in [4.78, 5) is 4.42. The van der Waals surface area contributed by atoms with Gasteiger partial charge < -0.3 is 23.3 Å². The molecule has 5 nitrogen and oxygen atoms in total. The smallest absolute Gasteiger partial charge is 0.0662 e. The van der Waals surface area contributed by atoms with Gasteiger partial charge in [0.2, 0.25) is 0 Å². The van der Waals surface area contributed by atoms with Crippen LogP contribution in [0.15, 0.2) is 394 Å². The third kappa shape index (κ3) is 11.5. The Morgan fingerprint density at radius 1 is 0.261 bits per heavy atom. The highest BCUT2D eigenvalue weighted by molar-refractivity contribution is 6.32. The lowest BCUT2D eigenvalue weighted by Gasteiger charge is -2.36. The Bertz CT molecular complexity index is 8200. The van der Waals surface area contributed by atoms with Crippen molar-refractivity contribution in [3.05, 3.63) is 405 Å². The van der Waals surface area contributed by atoms with Crippen molar-refractivity contribution in [2.75, 3.05) is 9.80 Å². The van der Waals surface area contributed by atoms with Gasteiger partial charge in [-0.3, -0.25) is 0 Å². The van der Waals surface area contributed by atoms with Crippen LogP contribution in [0.2, 0.25) is 0 Å². The maximum Gasteiger partial charge on any atom is 0.0662 e. The van der Waals surface area contributed by atoms with E-state index in [9.17, 15) is 24.7 Å². The van der Waals surface area contributed by atoms with E-state index >= 15 is 0 Å². The zero-order valence-corrected chi connectivity index (χ0v) is 63.4. The Morgan fingerprint density at radius 2 is 0.600 bits per heavy atom. The van der Waals surface area contributed by atoms with Crippen LogP contribution in [0.5, 0.6) is 0 Å². The minimum atomic E-state index is -0.764. The number of aromatic nitrogens is 3. The quantitative estimate of drug-likeness (QED) is 0.108. The summed E-state index contributed by atoms with van der Waals surface area (Å²) in [6, 6.07) is 65.3. The first-order valence-corrected chi connectivity index (χ1v) is 38.2. The van der Waals surface area contributed by atoms with E-state index in [-0.39, 0.29) is 55.0 Å². The number of fused-ring (bicyclic) bond motifs is 12. The second-order valence-electron chi connectivity index (χ2n) is 31.0. The van der Waals surface area contributed by atoms with Crippen molar-refractivity contribution in [1.82, 2.24) is 13.5 Å². The van der Waals surface area contributed by atoms with Gasteiger partial charge in [-0.2, -0.15) is 0 Å². The molecule has 17 aromatic carbocycles. The van der Waals surface area contributed by atoms with Gasteiger partial charge in [-0.15, -0.1) is 0 Å². The van der Waals surface area contributed by atoms with Crippen LogP contribution in [0.4, 0.5) is 34.1 Å². The van der Waals surface area contributed by atoms with Crippen molar-refractivity contribution in [1.29, 1.82) is 0 Å². The predicted octanol–water partition coefficient (Wildman–Crippen LogP) is 30.6. The van der Waals surface area contributed by atoms with Crippen LogP contribution >= 0.6 is 0 Å². The normalized spacial score (nSPS) is 15.0. The molecule has 21 rings (SSSR count). The number of benzene rings is 17. The molecule has 0 saturated heterocycles. The van der Waals surface area contributed by atoms with Crippen molar-refractivity contribution in [3.63, 3.8) is 0 Å². The Hall–Kier alpha value is -14.3. The Labute approximate surface area is 704 Å². The zero-order chi connectivity index (χ0) is 98.1. The van der Waals surface area contributed by atoms with Crippen molar-refractivity contribution >= 4 is 116 Å². The molecule has 0 N–H and O–H groups in total. The third-order valence-corrected chi connectivity index (χ3v) is 22.0. The number of hydrogen-bond donors (Lipinski definition) is 0. The maximum atomic E-state index is 10.4. The molecule has 21 aromatic rings. The molecule has 0 aliphatic carbocycles. The average Bonchev–Trinajstić information content (AvgIpc) is 1.52. The first kappa shape index (κ1) is 47.8. The van der Waals surface area contributed by atoms with Crippen LogP contribution in [0.3, 0.4) is 0 Å². The molecule has 0 fully saturated rings. The van der Waals surface area contributed by atoms with E-state index in [1.54, 1.807) is 24.3 Å². The summed E-state index contributed by atoms with van der Waals surface area (Å²) in [6.07, 6.45) is 0. The standard InChI is InChI=1S/C110H83N5/c1-109(2,3)80-65-90(74-39-17-9-18-40-74)106(91(66-80)75-41-19-10-20-42-75)113(84-49-33-47-82(69-84)111-96-55-29-25-51-86(96)94-63-78(59-61-100(94)111)72-35-13-7-14-36-72)102-71-103(105-89-54-28-32-58-99(89)115-98-57-31-27-53-88(98)104(102)108(105)115)114(107-92(76-43-21-11-22-44-76)67-81(110(4,5)6)68-93(107)77-45-23-12-24-46-77)85-50-34-48-83(70-85)112-97-56-30-26-52-87(97)95-64-79(60-62-101(95)112)73-37-15-8-16-38-73/h7-71H,1-6H3/i7D,8D,13D,14D,15D,16D,25D,26D,29D,30D,35D,36D,37D,38D,51D,52D,55D,56D,59D,60D,61D,62D,63D,64D. The van der Waals surface area contributed by atoms with E-state index in [0.717, 1.165) is 93.7 Å². The van der Waals surface area contributed by atoms with Gasteiger partial charge in [-0.25, -0.2) is 0 Å². The Balaban J connectivity index is 0.974. The van der Waals surface area contributed by atoms with Crippen LogP contribution in [-0.4, -0.2) is 13.5 Å². The van der Waals surface area contributed by atoms with Gasteiger partial charge in [-0.1, -0.05) is 320 Å². The third-order valence-electron chi connectivity index (χ3n) is 22.0. The van der Waals surface area contributed by atoms with Crippen LogP contribution in [0.25, 0.3) is 160 Å². The molecule has 4 heterocycles. The topological polar surface area (TPSA) is 20.8 Å². The molecule has 115 heavy (non-hydrogen) atoms. The minimum Gasteiger partial charge on any atom is -0.309 e. The van der Waals surface area contributed by atoms with Crippen molar-refractivity contribution in [3.8, 4) is 78.1 Å². The van der Waals surface area contributed by atoms with Gasteiger partial charge in [0.25, 0.3) is 0 Å². The van der Waals surface area contributed by atoms with Crippen LogP contribution < -0.4 is 9.80 Å². The van der Waals surface area contributed by atoms with Gasteiger partial charge in [0.1, 0.15) is 0 Å². The molecular weight excluding hydrogens is 1390 g/mol. The zero-order valence-electron chi connectivity index (χ0n) is 87.4. The lowest BCUT2D eigenvalue weighted by atomic mass is 9.81. The number of para-hydroxylation sites is 4. The fraction of sp³-hybridized carbons (Fsp3) is 0.0727. The van der Waals surface area contributed by atoms with E-state index in [0.29, 0.717) is 34.1 Å². The maximum absolute atomic E-state index is 10.4. The van der Waals surface area contributed by atoms with Gasteiger partial charge in [0, 0.05) is 88.1 Å². The van der Waals surface area contributed by atoms with Crippen molar-refractivity contribution in [2.45, 2.75) is 52.4 Å². The van der Waals surface area contributed by atoms with Gasteiger partial charge in [0.15, 0.2) is 0 Å². The van der Waals surface area contributed by atoms with E-state index in [1.165, 1.54) is 9.13 Å². The summed E-state index contributed by atoms with van der Waals surface area (Å²) < 4.78 is 234. The second kappa shape index (κ2) is 27.3. The first-order chi connectivity index (χ1) is 66.3. The molecule has 5 heteroatoms. The van der Waals surface area contributed by atoms with E-state index in [2.05, 4.69) is 159 Å². The van der Waals surface area contributed by atoms with Crippen LogP contribution in [-0.2, 0) is 10.8 Å². The molecule has 0 unspecified atom stereocenters. The lowest BCUT2D eigenvalue weighted by Crippen LogP contribution is -2.19. The van der Waals surface area contributed by atoms with Crippen LogP contribution in [0.1, 0.15) is 85.6 Å². The predicted molar refractivity (Wildman–Crippen MR) is 489 cm³/mol. The largest absolute Gasteiger partial charge is 0.309 e. The van der Waals surface area contributed by atoms with Gasteiger partial charge in [-0.05, 0) is 182 Å². The average molecular weight is 1500 g/mol. The highest BCUT2D eigenvalue weighted by Gasteiger charge is 2.36. The van der Waals surface area contributed by atoms with Crippen molar-refractivity contribution in [2.24, 2.45) is 0 Å². The Morgan fingerprint density at radius 3 is 0.974 bits per heavy atom. The molecule has 0 aliphatic rings.